The molecule has 5 heteroatoms. The lowest BCUT2D eigenvalue weighted by molar-refractivity contribution is 0.0937. The molecule has 0 saturated heterocycles. The van der Waals surface area contributed by atoms with Gasteiger partial charge in [0.05, 0.1) is 6.04 Å². The number of aryl methyl sites for hydroxylation is 3. The van der Waals surface area contributed by atoms with Crippen LogP contribution in [0.1, 0.15) is 58.9 Å². The normalized spacial score (nSPS) is 17.1. The van der Waals surface area contributed by atoms with Crippen LogP contribution in [-0.4, -0.2) is 20.7 Å². The number of nitrogens with one attached hydrogen (secondary N) is 1. The van der Waals surface area contributed by atoms with Crippen molar-refractivity contribution in [1.29, 1.82) is 0 Å². The molecule has 22 heavy (non-hydrogen) atoms. The molecule has 1 aromatic carbocycles. The third-order valence-corrected chi connectivity index (χ3v) is 4.73. The van der Waals surface area contributed by atoms with E-state index in [0.29, 0.717) is 0 Å². The molecule has 4 rings (SSSR count). The lowest BCUT2D eigenvalue weighted by atomic mass is 10.1. The summed E-state index contributed by atoms with van der Waals surface area (Å²) in [7, 11) is 0. The minimum atomic E-state index is -0.125. The van der Waals surface area contributed by atoms with Crippen molar-refractivity contribution in [2.75, 3.05) is 0 Å². The zero-order chi connectivity index (χ0) is 15.1. The molecule has 114 valence electrons. The Morgan fingerprint density at radius 1 is 1.18 bits per heavy atom. The zero-order valence-corrected chi connectivity index (χ0v) is 12.8. The Balaban J connectivity index is 1.51. The predicted molar refractivity (Wildman–Crippen MR) is 82.7 cm³/mol. The number of fused-ring (bicyclic) bond motifs is 2. The summed E-state index contributed by atoms with van der Waals surface area (Å²) in [6.45, 7) is 2.93. The Morgan fingerprint density at radius 2 is 2.05 bits per heavy atom. The van der Waals surface area contributed by atoms with Gasteiger partial charge in [-0.1, -0.05) is 6.07 Å². The topological polar surface area (TPSA) is 59.8 Å². The van der Waals surface area contributed by atoms with Gasteiger partial charge in [0.2, 0.25) is 0 Å². The standard InChI is InChI=1S/C17H20N4O/c1-11(16-20-19-15-6-3-9-21(15)16)18-17(22)14-8-7-12-4-2-5-13(12)10-14/h7-8,10-11H,2-6,9H2,1H3,(H,18,22)/t11-/m1/s1. The molecule has 5 nitrogen and oxygen atoms in total. The lowest BCUT2D eigenvalue weighted by Gasteiger charge is -2.14. The zero-order valence-electron chi connectivity index (χ0n) is 12.8. The summed E-state index contributed by atoms with van der Waals surface area (Å²) in [5.41, 5.74) is 3.46. The molecule has 1 atom stereocenters. The molecule has 0 saturated carbocycles. The number of rotatable bonds is 3. The first-order valence-corrected chi connectivity index (χ1v) is 8.07. The van der Waals surface area contributed by atoms with Gasteiger partial charge in [-0.2, -0.15) is 0 Å². The van der Waals surface area contributed by atoms with Gasteiger partial charge in [-0.3, -0.25) is 4.79 Å². The van der Waals surface area contributed by atoms with E-state index in [1.54, 1.807) is 0 Å². The third-order valence-electron chi connectivity index (χ3n) is 4.73. The van der Waals surface area contributed by atoms with E-state index in [4.69, 9.17) is 0 Å². The highest BCUT2D eigenvalue weighted by atomic mass is 16.1. The highest BCUT2D eigenvalue weighted by Crippen LogP contribution is 2.23. The van der Waals surface area contributed by atoms with E-state index in [0.717, 1.165) is 49.4 Å². The number of nitrogens with zero attached hydrogens (tertiary/aromatic N) is 3. The maximum absolute atomic E-state index is 12.5. The molecule has 2 aliphatic rings. The van der Waals surface area contributed by atoms with E-state index in [-0.39, 0.29) is 11.9 Å². The first kappa shape index (κ1) is 13.5. The molecule has 0 spiro atoms. The second kappa shape index (κ2) is 5.23. The molecular weight excluding hydrogens is 276 g/mol. The van der Waals surface area contributed by atoms with Crippen molar-refractivity contribution in [3.63, 3.8) is 0 Å². The summed E-state index contributed by atoms with van der Waals surface area (Å²) in [5, 5.41) is 11.5. The van der Waals surface area contributed by atoms with Crippen LogP contribution in [0.3, 0.4) is 0 Å². The molecule has 1 aliphatic heterocycles. The number of carbonyl (C=O) groups excluding carboxylic acids is 1. The van der Waals surface area contributed by atoms with Crippen molar-refractivity contribution in [1.82, 2.24) is 20.1 Å². The number of hydrogen-bond acceptors (Lipinski definition) is 3. The average molecular weight is 296 g/mol. The van der Waals surface area contributed by atoms with Crippen LogP contribution >= 0.6 is 0 Å². The molecule has 1 amide bonds. The van der Waals surface area contributed by atoms with Crippen LogP contribution in [0, 0.1) is 0 Å². The Bertz CT molecular complexity index is 734. The van der Waals surface area contributed by atoms with Gasteiger partial charge in [0.25, 0.3) is 5.91 Å². The summed E-state index contributed by atoms with van der Waals surface area (Å²) in [4.78, 5) is 12.5. The fraction of sp³-hybridized carbons (Fsp3) is 0.471. The van der Waals surface area contributed by atoms with E-state index in [1.807, 2.05) is 19.1 Å². The molecule has 1 aliphatic carbocycles. The number of amides is 1. The smallest absolute Gasteiger partial charge is 0.251 e. The second-order valence-corrected chi connectivity index (χ2v) is 6.26. The molecule has 2 heterocycles. The molecule has 0 fully saturated rings. The van der Waals surface area contributed by atoms with Crippen LogP contribution < -0.4 is 5.32 Å². The maximum atomic E-state index is 12.5. The fourth-order valence-electron chi connectivity index (χ4n) is 3.55. The largest absolute Gasteiger partial charge is 0.342 e. The van der Waals surface area contributed by atoms with Gasteiger partial charge < -0.3 is 9.88 Å². The average Bonchev–Trinajstić information content (AvgIpc) is 3.22. The molecular formula is C17H20N4O. The second-order valence-electron chi connectivity index (χ2n) is 6.26. The minimum Gasteiger partial charge on any atom is -0.342 e. The molecule has 0 bridgehead atoms. The van der Waals surface area contributed by atoms with Gasteiger partial charge in [0, 0.05) is 18.5 Å². The van der Waals surface area contributed by atoms with E-state index < -0.39 is 0 Å². The van der Waals surface area contributed by atoms with Crippen LogP contribution in [-0.2, 0) is 25.8 Å². The summed E-state index contributed by atoms with van der Waals surface area (Å²) in [6.07, 6.45) is 5.52. The van der Waals surface area contributed by atoms with Crippen molar-refractivity contribution in [3.8, 4) is 0 Å². The van der Waals surface area contributed by atoms with Crippen LogP contribution in [0.4, 0.5) is 0 Å². The Morgan fingerprint density at radius 3 is 2.95 bits per heavy atom. The third kappa shape index (κ3) is 2.21. The minimum absolute atomic E-state index is 0.0300. The van der Waals surface area contributed by atoms with E-state index in [2.05, 4.69) is 26.1 Å². The van der Waals surface area contributed by atoms with Gasteiger partial charge in [0.15, 0.2) is 5.82 Å². The summed E-state index contributed by atoms with van der Waals surface area (Å²) in [5.74, 6) is 1.87. The monoisotopic (exact) mass is 296 g/mol. The summed E-state index contributed by atoms with van der Waals surface area (Å²) in [6, 6.07) is 5.94. The number of benzene rings is 1. The predicted octanol–water partition coefficient (Wildman–Crippen LogP) is 2.20. The van der Waals surface area contributed by atoms with Gasteiger partial charge in [-0.15, -0.1) is 10.2 Å². The number of aromatic nitrogens is 3. The SMILES string of the molecule is C[C@@H](NC(=O)c1ccc2c(c1)CCC2)c1nnc2n1CCC2. The lowest BCUT2D eigenvalue weighted by Crippen LogP contribution is -2.28. The summed E-state index contributed by atoms with van der Waals surface area (Å²) < 4.78 is 2.13. The summed E-state index contributed by atoms with van der Waals surface area (Å²) >= 11 is 0. The number of hydrogen-bond donors (Lipinski definition) is 1. The molecule has 2 aromatic rings. The van der Waals surface area contributed by atoms with Gasteiger partial charge in [-0.25, -0.2) is 0 Å². The molecule has 0 radical (unpaired) electrons. The Labute approximate surface area is 129 Å². The molecule has 0 unspecified atom stereocenters. The van der Waals surface area contributed by atoms with Gasteiger partial charge in [-0.05, 0) is 55.9 Å². The van der Waals surface area contributed by atoms with Crippen molar-refractivity contribution in [2.24, 2.45) is 0 Å². The van der Waals surface area contributed by atoms with E-state index >= 15 is 0 Å². The van der Waals surface area contributed by atoms with Crippen molar-refractivity contribution < 1.29 is 4.79 Å². The first-order chi connectivity index (χ1) is 10.7. The number of carbonyl (C=O) groups is 1. The van der Waals surface area contributed by atoms with Crippen molar-refractivity contribution in [3.05, 3.63) is 46.5 Å². The van der Waals surface area contributed by atoms with E-state index in [1.165, 1.54) is 17.5 Å². The highest BCUT2D eigenvalue weighted by Gasteiger charge is 2.23. The quantitative estimate of drug-likeness (QED) is 0.944. The van der Waals surface area contributed by atoms with Gasteiger partial charge in [0.1, 0.15) is 5.82 Å². The van der Waals surface area contributed by atoms with Crippen LogP contribution in [0.2, 0.25) is 0 Å². The van der Waals surface area contributed by atoms with Crippen LogP contribution in [0.25, 0.3) is 0 Å². The van der Waals surface area contributed by atoms with Gasteiger partial charge >= 0.3 is 0 Å². The maximum Gasteiger partial charge on any atom is 0.251 e. The Hall–Kier alpha value is -2.17. The molecule has 1 aromatic heterocycles. The first-order valence-electron chi connectivity index (χ1n) is 8.07. The van der Waals surface area contributed by atoms with E-state index in [9.17, 15) is 4.79 Å². The van der Waals surface area contributed by atoms with Crippen LogP contribution in [0.15, 0.2) is 18.2 Å². The Kier molecular flexibility index (Phi) is 3.21. The fourth-order valence-corrected chi connectivity index (χ4v) is 3.55. The van der Waals surface area contributed by atoms with Crippen molar-refractivity contribution >= 4 is 5.91 Å². The molecule has 1 N–H and O–H groups in total. The highest BCUT2D eigenvalue weighted by molar-refractivity contribution is 5.94. The van der Waals surface area contributed by atoms with Crippen LogP contribution in [0.5, 0.6) is 0 Å². The van der Waals surface area contributed by atoms with Crippen molar-refractivity contribution in [2.45, 2.75) is 51.6 Å².